The van der Waals surface area contributed by atoms with Crippen LogP contribution in [0.15, 0.2) is 213 Å². The van der Waals surface area contributed by atoms with Crippen molar-refractivity contribution >= 4 is 161 Å². The summed E-state index contributed by atoms with van der Waals surface area (Å²) in [6.45, 7) is 17.5. The number of rotatable bonds is 35. The number of carbonyl (C=O) groups excluding carboxylic acids is 12. The summed E-state index contributed by atoms with van der Waals surface area (Å²) < 4.78 is 33.2. The molecule has 0 aliphatic carbocycles. The molecule has 6 aromatic rings. The van der Waals surface area contributed by atoms with Gasteiger partial charge in [0.15, 0.2) is 0 Å². The fourth-order valence-electron chi connectivity index (χ4n) is 11.3. The molecule has 0 saturated heterocycles. The second kappa shape index (κ2) is 51.6. The zero-order valence-electron chi connectivity index (χ0n) is 68.8. The summed E-state index contributed by atoms with van der Waals surface area (Å²) in [5.41, 5.74) is -0.215. The van der Waals surface area contributed by atoms with E-state index in [4.69, 9.17) is 87.1 Å². The maximum Gasteiger partial charge on any atom is 0.549 e. The fraction of sp³-hybridized carbons (Fsp3) is 0.286. The molecule has 0 N–H and O–H groups in total. The largest absolute Gasteiger partial charge is 0.549 e. The van der Waals surface area contributed by atoms with E-state index >= 15 is 0 Å². The number of carbonyl (C=O) groups is 12. The molecule has 6 aromatic carbocycles. The fourth-order valence-corrected chi connectivity index (χ4v) is 19.2. The summed E-state index contributed by atoms with van der Waals surface area (Å²) in [6, 6.07) is 37.9. The molecule has 0 aliphatic rings. The zero-order chi connectivity index (χ0) is 87.5. The van der Waals surface area contributed by atoms with E-state index < -0.39 is 206 Å². The van der Waals surface area contributed by atoms with E-state index in [1.165, 1.54) is 104 Å². The normalized spacial score (nSPS) is 13.3. The van der Waals surface area contributed by atoms with Crippen LogP contribution in [0.3, 0.4) is 0 Å². The van der Waals surface area contributed by atoms with Gasteiger partial charge in [-0.3, -0.25) is 0 Å². The van der Waals surface area contributed by atoms with Crippen LogP contribution >= 0.6 is 0 Å². The Balaban J connectivity index is 1.42. The van der Waals surface area contributed by atoms with Crippen LogP contribution in [0.2, 0.25) is 0 Å². The Bertz CT molecular complexity index is 4380. The first-order chi connectivity index (χ1) is 57.6. The number of allylic oxidation sites excluding steroid dienone is 12. The SMILES string of the molecule is CC=C(C)[SiH2]c1ccc(C(=O)OOC(=O)OCCC(COC(=O)OOC(=O)c2ccc([SiH2]C(C)=CC)cc2)C(COC(=O)OOC(=O)c2ccc([SiH2]C(C)=CC)cc2)C(COC(=O)OOC(=O)c2ccc([SiH2]C(C)=CC)cc2)C(CCOC(=O)OOC(=O)c2ccc([SiH2]C(C)=CC)cc2)COC(=O)OOC(=O)c2ccc([SiH2]C(C)=CC)cc2)cc1. The first-order valence-corrected chi connectivity index (χ1v) is 46.7. The first kappa shape index (κ1) is 96.3. The molecule has 6 rings (SSSR count). The van der Waals surface area contributed by atoms with Crippen LogP contribution in [0.5, 0.6) is 0 Å². The van der Waals surface area contributed by atoms with Gasteiger partial charge in [-0.1, -0.05) is 172 Å². The molecule has 0 bridgehead atoms. The van der Waals surface area contributed by atoms with Gasteiger partial charge in [0.1, 0.15) is 0 Å². The Morgan fingerprint density at radius 2 is 0.392 bits per heavy atom. The van der Waals surface area contributed by atoms with Gasteiger partial charge in [0.25, 0.3) is 0 Å². The smallest absolute Gasteiger partial charge is 0.432 e. The predicted octanol–water partition coefficient (Wildman–Crippen LogP) is 8.09. The highest BCUT2D eigenvalue weighted by Crippen LogP contribution is 2.35. The summed E-state index contributed by atoms with van der Waals surface area (Å²) in [4.78, 5) is 221. The molecular formula is C84H98O30Si6. The Morgan fingerprint density at radius 1 is 0.233 bits per heavy atom. The maximum absolute atomic E-state index is 14.0. The summed E-state index contributed by atoms with van der Waals surface area (Å²) in [5.74, 6) is -13.3. The van der Waals surface area contributed by atoms with Crippen LogP contribution in [-0.2, 0) is 87.1 Å². The van der Waals surface area contributed by atoms with Crippen molar-refractivity contribution in [1.82, 2.24) is 0 Å². The lowest BCUT2D eigenvalue weighted by atomic mass is 9.74. The molecule has 4 unspecified atom stereocenters. The van der Waals surface area contributed by atoms with Crippen molar-refractivity contribution in [2.45, 2.75) is 95.9 Å². The van der Waals surface area contributed by atoms with E-state index in [-0.39, 0.29) is 33.4 Å². The van der Waals surface area contributed by atoms with Gasteiger partial charge >= 0.3 is 72.7 Å². The quantitative estimate of drug-likeness (QED) is 0.0119. The van der Waals surface area contributed by atoms with Crippen LogP contribution < -0.4 is 31.1 Å². The minimum absolute atomic E-state index is 0.00761. The highest BCUT2D eigenvalue weighted by molar-refractivity contribution is 6.63. The van der Waals surface area contributed by atoms with Crippen molar-refractivity contribution in [2.75, 3.05) is 39.6 Å². The molecule has 0 aromatic heterocycles. The van der Waals surface area contributed by atoms with Crippen LogP contribution in [0.4, 0.5) is 28.8 Å². The Labute approximate surface area is 707 Å². The third-order valence-electron chi connectivity index (χ3n) is 18.9. The molecule has 36 heteroatoms. The van der Waals surface area contributed by atoms with Crippen molar-refractivity contribution in [3.63, 3.8) is 0 Å². The van der Waals surface area contributed by atoms with Crippen LogP contribution in [-0.4, -0.2) is 170 Å². The highest BCUT2D eigenvalue weighted by Gasteiger charge is 2.40. The third-order valence-corrected chi connectivity index (χ3v) is 30.0. The minimum atomic E-state index is -1.74. The summed E-state index contributed by atoms with van der Waals surface area (Å²) in [7, 11) is -5.14. The van der Waals surface area contributed by atoms with Crippen LogP contribution in [0.25, 0.3) is 0 Å². The zero-order valence-corrected chi connectivity index (χ0v) is 77.3. The topological polar surface area (TPSA) is 371 Å². The molecule has 4 atom stereocenters. The van der Waals surface area contributed by atoms with Gasteiger partial charge in [-0.2, -0.15) is 28.8 Å². The molecule has 0 radical (unpaired) electrons. The molecule has 120 heavy (non-hydrogen) atoms. The molecule has 0 fully saturated rings. The van der Waals surface area contributed by atoms with Crippen molar-refractivity contribution in [3.05, 3.63) is 247 Å². The van der Waals surface area contributed by atoms with Crippen molar-refractivity contribution in [3.8, 4) is 0 Å². The van der Waals surface area contributed by atoms with Gasteiger partial charge in [0, 0.05) is 23.7 Å². The Morgan fingerprint density at radius 3 is 0.558 bits per heavy atom. The van der Waals surface area contributed by atoms with E-state index in [2.05, 4.69) is 0 Å². The molecule has 0 spiro atoms. The standard InChI is InChI=1S/C84H98O30Si6/c1-13-51(7)115-65-31-19-57(20-32-65)73(85)103-109-79(91)97-45-43-63(47-99-81(93)111-105-75(87)59-23-35-67(36-24-59)117-53(9)15-3)71(49-101-83(95)113-107-77(89)61-27-39-69(40-28-61)119-55(11)17-5)72(50-102-84(96)114-108-78(90)62-29-41-70(42-30-62)120-56(12)18-6)64(48-100-82(94)112-106-76(88)60-25-37-68(38-26-60)118-54(10)16-4)44-46-98-80(92)110-104-74(86)58-21-33-66(34-22-58)116-52(8)14-2/h13-42,63-64,71-72H,43-50,115-120H2,1-12H3. The van der Waals surface area contributed by atoms with Crippen molar-refractivity contribution in [1.29, 1.82) is 0 Å². The highest BCUT2D eigenvalue weighted by atomic mass is 28.2. The van der Waals surface area contributed by atoms with Gasteiger partial charge in [0.05, 0.1) is 130 Å². The molecule has 30 nitrogen and oxygen atoms in total. The lowest BCUT2D eigenvalue weighted by Gasteiger charge is -2.36. The van der Waals surface area contributed by atoms with Gasteiger partial charge < -0.3 is 28.4 Å². The molecule has 0 heterocycles. The van der Waals surface area contributed by atoms with Crippen LogP contribution in [0, 0.1) is 23.7 Å². The summed E-state index contributed by atoms with van der Waals surface area (Å²) >= 11 is 0. The van der Waals surface area contributed by atoms with Gasteiger partial charge in [-0.15, -0.1) is 0 Å². The molecule has 0 aliphatic heterocycles. The maximum atomic E-state index is 14.0. The monoisotopic (exact) mass is 1750 g/mol. The molecule has 0 saturated carbocycles. The Hall–Kier alpha value is -12.5. The van der Waals surface area contributed by atoms with E-state index in [9.17, 15) is 57.5 Å². The van der Waals surface area contributed by atoms with Gasteiger partial charge in [-0.05, 0) is 169 Å². The summed E-state index contributed by atoms with van der Waals surface area (Å²) in [6.07, 6.45) is 0.536. The second-order valence-electron chi connectivity index (χ2n) is 27.6. The van der Waals surface area contributed by atoms with E-state index in [1.54, 1.807) is 72.8 Å². The van der Waals surface area contributed by atoms with Crippen LogP contribution in [0.1, 0.15) is 158 Å². The van der Waals surface area contributed by atoms with E-state index in [0.29, 0.717) is 0 Å². The molecule has 0 amide bonds. The number of hydrogen-bond acceptors (Lipinski definition) is 30. The van der Waals surface area contributed by atoms with E-state index in [1.807, 2.05) is 120 Å². The lowest BCUT2D eigenvalue weighted by molar-refractivity contribution is -0.212. The second-order valence-corrected chi connectivity index (χ2v) is 41.4. The average Bonchev–Trinajstić information content (AvgIpc) is 0.839. The average molecular weight is 1760 g/mol. The third kappa shape index (κ3) is 35.0. The summed E-state index contributed by atoms with van der Waals surface area (Å²) in [5, 5.41) is 12.9. The van der Waals surface area contributed by atoms with Crippen molar-refractivity contribution in [2.24, 2.45) is 23.7 Å². The number of hydrogen-bond donors (Lipinski definition) is 0. The molecular weight excluding hydrogens is 1660 g/mol. The minimum Gasteiger partial charge on any atom is -0.432 e. The number of benzene rings is 6. The van der Waals surface area contributed by atoms with E-state index in [0.717, 1.165) is 31.1 Å². The first-order valence-electron chi connectivity index (χ1n) is 38.2. The number of ether oxygens (including phenoxy) is 6. The molecule has 638 valence electrons. The van der Waals surface area contributed by atoms with Crippen molar-refractivity contribution < 1.29 is 145 Å². The predicted molar refractivity (Wildman–Crippen MR) is 455 cm³/mol. The lowest BCUT2D eigenvalue weighted by Crippen LogP contribution is -2.41. The Kier molecular flexibility index (Phi) is 41.5. The van der Waals surface area contributed by atoms with Gasteiger partial charge in [-0.25, -0.2) is 87.4 Å². The van der Waals surface area contributed by atoms with Gasteiger partial charge in [0.2, 0.25) is 0 Å².